The van der Waals surface area contributed by atoms with Crippen molar-refractivity contribution in [2.45, 2.75) is 38.8 Å². The van der Waals surface area contributed by atoms with Crippen molar-refractivity contribution in [3.8, 4) is 0 Å². The van der Waals surface area contributed by atoms with E-state index in [2.05, 4.69) is 0 Å². The number of ether oxygens (including phenoxy) is 1. The molecule has 0 aliphatic carbocycles. The van der Waals surface area contributed by atoms with Crippen LogP contribution in [0.2, 0.25) is 0 Å². The Balaban J connectivity index is 2.82. The van der Waals surface area contributed by atoms with Crippen molar-refractivity contribution in [3.05, 3.63) is 35.9 Å². The van der Waals surface area contributed by atoms with Gasteiger partial charge in [-0.3, -0.25) is 4.84 Å². The number of carbonyl (C=O) groups excluding carboxylic acids is 1. The highest BCUT2D eigenvalue weighted by Crippen LogP contribution is 2.29. The summed E-state index contributed by atoms with van der Waals surface area (Å²) in [6, 6.07) is 7.25. The lowest BCUT2D eigenvalue weighted by atomic mass is 9.98. The molecule has 1 rings (SSSR count). The molecule has 0 bridgehead atoms. The van der Waals surface area contributed by atoms with E-state index in [0.29, 0.717) is 5.06 Å². The lowest BCUT2D eigenvalue weighted by molar-refractivity contribution is -0.213. The van der Waals surface area contributed by atoms with Gasteiger partial charge in [-0.2, -0.15) is 5.06 Å². The molecule has 1 N–H and O–H groups in total. The number of alkyl halides is 2. The first-order valence-electron chi connectivity index (χ1n) is 7.34. The molecule has 1 atom stereocenters. The number of amides is 1. The van der Waals surface area contributed by atoms with Gasteiger partial charge in [0.2, 0.25) is 0 Å². The monoisotopic (exact) mass is 331 g/mol. The Labute approximate surface area is 134 Å². The summed E-state index contributed by atoms with van der Waals surface area (Å²) in [4.78, 5) is 16.9. The minimum Gasteiger partial charge on any atom is -0.443 e. The van der Waals surface area contributed by atoms with Gasteiger partial charge in [0.05, 0.1) is 7.11 Å². The van der Waals surface area contributed by atoms with Gasteiger partial charge in [-0.1, -0.05) is 44.2 Å². The second-order valence-corrected chi connectivity index (χ2v) is 5.61. The van der Waals surface area contributed by atoms with Crippen LogP contribution in [0.25, 0.3) is 0 Å². The standard InChI is InChI=1S/C16H23F2NO4/c1-12(2)9-14(16(17,18)11-20)19(22-3)15(21)23-10-13-7-5-4-6-8-13/h4-8,12,14,20H,9-11H2,1-3H3/t14-/m1/s1. The number of nitrogens with zero attached hydrogens (tertiary/aromatic N) is 1. The molecule has 0 saturated heterocycles. The molecule has 0 aromatic heterocycles. The maximum Gasteiger partial charge on any atom is 0.434 e. The summed E-state index contributed by atoms with van der Waals surface area (Å²) in [5.74, 6) is -3.62. The number of aliphatic hydroxyl groups excluding tert-OH is 1. The molecule has 0 saturated carbocycles. The Kier molecular flexibility index (Phi) is 7.38. The van der Waals surface area contributed by atoms with E-state index in [9.17, 15) is 13.6 Å². The van der Waals surface area contributed by atoms with Crippen LogP contribution in [0.4, 0.5) is 13.6 Å². The van der Waals surface area contributed by atoms with Crippen LogP contribution in [0.1, 0.15) is 25.8 Å². The Hall–Kier alpha value is -1.73. The maximum atomic E-state index is 14.0. The molecule has 1 aromatic carbocycles. The van der Waals surface area contributed by atoms with Crippen molar-refractivity contribution in [2.75, 3.05) is 13.7 Å². The molecule has 0 radical (unpaired) electrons. The average Bonchev–Trinajstić information content (AvgIpc) is 2.53. The molecule has 0 aliphatic heterocycles. The predicted octanol–water partition coefficient (Wildman–Crippen LogP) is 3.23. The third kappa shape index (κ3) is 5.76. The number of benzene rings is 1. The lowest BCUT2D eigenvalue weighted by Crippen LogP contribution is -2.52. The Morgan fingerprint density at radius 1 is 1.30 bits per heavy atom. The number of aliphatic hydroxyl groups is 1. The van der Waals surface area contributed by atoms with Crippen LogP contribution >= 0.6 is 0 Å². The molecule has 130 valence electrons. The fourth-order valence-corrected chi connectivity index (χ4v) is 2.10. The van der Waals surface area contributed by atoms with Crippen molar-refractivity contribution in [3.63, 3.8) is 0 Å². The van der Waals surface area contributed by atoms with E-state index in [4.69, 9.17) is 14.7 Å². The third-order valence-corrected chi connectivity index (χ3v) is 3.26. The van der Waals surface area contributed by atoms with Gasteiger partial charge in [-0.25, -0.2) is 13.6 Å². The minimum absolute atomic E-state index is 0.0398. The number of rotatable bonds is 8. The maximum absolute atomic E-state index is 14.0. The molecule has 0 aliphatic rings. The first kappa shape index (κ1) is 19.3. The van der Waals surface area contributed by atoms with Crippen LogP contribution in [0, 0.1) is 5.92 Å². The summed E-state index contributed by atoms with van der Waals surface area (Å²) in [5, 5.41) is 9.43. The minimum atomic E-state index is -3.49. The first-order chi connectivity index (χ1) is 10.8. The zero-order valence-corrected chi connectivity index (χ0v) is 13.5. The van der Waals surface area contributed by atoms with Crippen LogP contribution in [0.3, 0.4) is 0 Å². The molecule has 7 heteroatoms. The Bertz CT molecular complexity index is 482. The normalized spacial score (nSPS) is 13.0. The van der Waals surface area contributed by atoms with Crippen LogP contribution in [-0.4, -0.2) is 41.9 Å². The average molecular weight is 331 g/mol. The Morgan fingerprint density at radius 2 is 1.91 bits per heavy atom. The molecule has 5 nitrogen and oxygen atoms in total. The van der Waals surface area contributed by atoms with Crippen molar-refractivity contribution >= 4 is 6.09 Å². The predicted molar refractivity (Wildman–Crippen MR) is 80.8 cm³/mol. The second kappa shape index (κ2) is 8.79. The second-order valence-electron chi connectivity index (χ2n) is 5.61. The van der Waals surface area contributed by atoms with E-state index in [1.165, 1.54) is 0 Å². The third-order valence-electron chi connectivity index (χ3n) is 3.26. The van der Waals surface area contributed by atoms with E-state index in [1.54, 1.807) is 38.1 Å². The van der Waals surface area contributed by atoms with Gasteiger partial charge in [-0.15, -0.1) is 0 Å². The summed E-state index contributed by atoms with van der Waals surface area (Å²) < 4.78 is 32.9. The fraction of sp³-hybridized carbons (Fsp3) is 0.562. The van der Waals surface area contributed by atoms with Gasteiger partial charge in [-0.05, 0) is 17.9 Å². The van der Waals surface area contributed by atoms with Gasteiger partial charge >= 0.3 is 6.09 Å². The largest absolute Gasteiger partial charge is 0.443 e. The van der Waals surface area contributed by atoms with E-state index >= 15 is 0 Å². The molecule has 1 amide bonds. The molecule has 0 spiro atoms. The number of halogens is 2. The van der Waals surface area contributed by atoms with Gasteiger partial charge in [0, 0.05) is 0 Å². The van der Waals surface area contributed by atoms with Crippen LogP contribution < -0.4 is 0 Å². The number of hydroxylamine groups is 2. The number of hydrogen-bond donors (Lipinski definition) is 1. The molecular weight excluding hydrogens is 308 g/mol. The fourth-order valence-electron chi connectivity index (χ4n) is 2.10. The van der Waals surface area contributed by atoms with Crippen molar-refractivity contribution in [1.82, 2.24) is 5.06 Å². The van der Waals surface area contributed by atoms with E-state index in [0.717, 1.165) is 12.7 Å². The number of carbonyl (C=O) groups is 1. The van der Waals surface area contributed by atoms with Crippen LogP contribution in [-0.2, 0) is 16.2 Å². The van der Waals surface area contributed by atoms with Gasteiger partial charge in [0.25, 0.3) is 5.92 Å². The quantitative estimate of drug-likeness (QED) is 0.743. The topological polar surface area (TPSA) is 59.0 Å². The summed E-state index contributed by atoms with van der Waals surface area (Å²) in [5.41, 5.74) is 0.728. The van der Waals surface area contributed by atoms with E-state index in [-0.39, 0.29) is 18.9 Å². The molecule has 0 heterocycles. The van der Waals surface area contributed by atoms with Crippen molar-refractivity contribution in [2.24, 2.45) is 5.92 Å². The van der Waals surface area contributed by atoms with Crippen molar-refractivity contribution < 1.29 is 28.3 Å². The summed E-state index contributed by atoms with van der Waals surface area (Å²) >= 11 is 0. The SMILES string of the molecule is CON(C(=O)OCc1ccccc1)[C@H](CC(C)C)C(F)(F)CO. The summed E-state index contributed by atoms with van der Waals surface area (Å²) in [7, 11) is 1.12. The lowest BCUT2D eigenvalue weighted by Gasteiger charge is -2.34. The zero-order valence-electron chi connectivity index (χ0n) is 13.5. The van der Waals surface area contributed by atoms with E-state index < -0.39 is 24.7 Å². The number of hydrogen-bond acceptors (Lipinski definition) is 4. The van der Waals surface area contributed by atoms with E-state index in [1.807, 2.05) is 6.07 Å². The smallest absolute Gasteiger partial charge is 0.434 e. The molecule has 0 fully saturated rings. The summed E-state index contributed by atoms with van der Waals surface area (Å²) in [6.07, 6.45) is -1.06. The molecule has 23 heavy (non-hydrogen) atoms. The van der Waals surface area contributed by atoms with Gasteiger partial charge < -0.3 is 9.84 Å². The zero-order chi connectivity index (χ0) is 17.5. The Morgan fingerprint density at radius 3 is 2.39 bits per heavy atom. The summed E-state index contributed by atoms with van der Waals surface area (Å²) in [6.45, 7) is 2.04. The van der Waals surface area contributed by atoms with Crippen LogP contribution in [0.15, 0.2) is 30.3 Å². The highest BCUT2D eigenvalue weighted by Gasteiger charge is 2.46. The van der Waals surface area contributed by atoms with Crippen LogP contribution in [0.5, 0.6) is 0 Å². The molecule has 1 aromatic rings. The molecule has 0 unspecified atom stereocenters. The highest BCUT2D eigenvalue weighted by molar-refractivity contribution is 5.67. The van der Waals surface area contributed by atoms with Gasteiger partial charge in [0.1, 0.15) is 19.3 Å². The van der Waals surface area contributed by atoms with Crippen molar-refractivity contribution in [1.29, 1.82) is 0 Å². The molecular formula is C16H23F2NO4. The first-order valence-corrected chi connectivity index (χ1v) is 7.34. The highest BCUT2D eigenvalue weighted by atomic mass is 19.3. The van der Waals surface area contributed by atoms with Gasteiger partial charge in [0.15, 0.2) is 0 Å².